The van der Waals surface area contributed by atoms with Gasteiger partial charge in [0.2, 0.25) is 0 Å². The van der Waals surface area contributed by atoms with Crippen LogP contribution in [0, 0.1) is 28.1 Å². The highest BCUT2D eigenvalue weighted by molar-refractivity contribution is 5.80. The highest BCUT2D eigenvalue weighted by Gasteiger charge is 2.50. The second kappa shape index (κ2) is 5.66. The molecule has 0 aromatic heterocycles. The van der Waals surface area contributed by atoms with Crippen LogP contribution in [-0.2, 0) is 0 Å². The fourth-order valence-corrected chi connectivity index (χ4v) is 4.57. The number of rotatable bonds is 5. The standard InChI is InChI=1S/C19H33N/c1-6-14(3)19(8-9-19)17(13-20)16-10-15(7-2)11-18(4,5)12-16/h13-15,20H,6-12H2,1-5H3/b17-16-,20-13?. The molecule has 20 heavy (non-hydrogen) atoms. The van der Waals surface area contributed by atoms with Crippen LogP contribution >= 0.6 is 0 Å². The van der Waals surface area contributed by atoms with Crippen molar-refractivity contribution in [3.8, 4) is 0 Å². The Bertz CT molecular complexity index is 398. The normalized spacial score (nSPS) is 31.6. The predicted octanol–water partition coefficient (Wildman–Crippen LogP) is 6.00. The predicted molar refractivity (Wildman–Crippen MR) is 88.3 cm³/mol. The van der Waals surface area contributed by atoms with Crippen LogP contribution in [0.1, 0.15) is 79.6 Å². The fourth-order valence-electron chi connectivity index (χ4n) is 4.57. The van der Waals surface area contributed by atoms with Crippen LogP contribution in [0.25, 0.3) is 0 Å². The van der Waals surface area contributed by atoms with Gasteiger partial charge >= 0.3 is 0 Å². The zero-order chi connectivity index (χ0) is 15.0. The van der Waals surface area contributed by atoms with Crippen molar-refractivity contribution in [1.82, 2.24) is 0 Å². The van der Waals surface area contributed by atoms with E-state index in [9.17, 15) is 0 Å². The molecule has 0 bridgehead atoms. The van der Waals surface area contributed by atoms with E-state index in [2.05, 4.69) is 34.6 Å². The van der Waals surface area contributed by atoms with Crippen LogP contribution in [0.2, 0.25) is 0 Å². The number of nitrogens with one attached hydrogen (secondary N) is 1. The van der Waals surface area contributed by atoms with Crippen LogP contribution in [0.4, 0.5) is 0 Å². The van der Waals surface area contributed by atoms with Crippen molar-refractivity contribution in [3.63, 3.8) is 0 Å². The Labute approximate surface area is 125 Å². The molecular formula is C19H33N. The van der Waals surface area contributed by atoms with Crippen LogP contribution in [-0.4, -0.2) is 6.21 Å². The Balaban J connectivity index is 2.35. The van der Waals surface area contributed by atoms with E-state index < -0.39 is 0 Å². The van der Waals surface area contributed by atoms with E-state index in [1.165, 1.54) is 50.5 Å². The highest BCUT2D eigenvalue weighted by atomic mass is 14.6. The van der Waals surface area contributed by atoms with E-state index in [4.69, 9.17) is 5.41 Å². The molecule has 0 aliphatic heterocycles. The zero-order valence-corrected chi connectivity index (χ0v) is 14.2. The minimum Gasteiger partial charge on any atom is -0.308 e. The summed E-state index contributed by atoms with van der Waals surface area (Å²) >= 11 is 0. The summed E-state index contributed by atoms with van der Waals surface area (Å²) in [5.41, 5.74) is 3.85. The van der Waals surface area contributed by atoms with E-state index in [0.29, 0.717) is 10.8 Å². The Hall–Kier alpha value is -0.590. The SMILES string of the molecule is CCC1C/C(=C(\C=N)C2(C(C)CC)CC2)CC(C)(C)C1. The van der Waals surface area contributed by atoms with Crippen molar-refractivity contribution in [2.45, 2.75) is 79.6 Å². The van der Waals surface area contributed by atoms with E-state index in [1.54, 1.807) is 11.8 Å². The molecule has 0 spiro atoms. The molecule has 0 aromatic rings. The number of hydrogen-bond acceptors (Lipinski definition) is 1. The summed E-state index contributed by atoms with van der Waals surface area (Å²) in [5.74, 6) is 1.56. The topological polar surface area (TPSA) is 23.9 Å². The molecule has 2 fully saturated rings. The molecule has 1 nitrogen and oxygen atoms in total. The lowest BCUT2D eigenvalue weighted by atomic mass is 9.66. The molecule has 2 atom stereocenters. The van der Waals surface area contributed by atoms with Crippen molar-refractivity contribution in [2.24, 2.45) is 22.7 Å². The highest BCUT2D eigenvalue weighted by Crippen LogP contribution is 2.60. The van der Waals surface area contributed by atoms with Crippen molar-refractivity contribution >= 4 is 6.21 Å². The van der Waals surface area contributed by atoms with E-state index in [1.807, 2.05) is 0 Å². The summed E-state index contributed by atoms with van der Waals surface area (Å²) in [6.45, 7) is 11.9. The van der Waals surface area contributed by atoms with E-state index in [-0.39, 0.29) is 0 Å². The maximum Gasteiger partial charge on any atom is 0.0215 e. The van der Waals surface area contributed by atoms with Gasteiger partial charge in [-0.25, -0.2) is 0 Å². The molecule has 2 unspecified atom stereocenters. The average Bonchev–Trinajstić information content (AvgIpc) is 3.18. The van der Waals surface area contributed by atoms with Crippen LogP contribution in [0.3, 0.4) is 0 Å². The lowest BCUT2D eigenvalue weighted by Gasteiger charge is -2.39. The number of hydrogen-bond donors (Lipinski definition) is 1. The molecule has 0 heterocycles. The third kappa shape index (κ3) is 2.87. The Kier molecular flexibility index (Phi) is 4.47. The molecular weight excluding hydrogens is 242 g/mol. The Morgan fingerprint density at radius 3 is 2.45 bits per heavy atom. The molecule has 1 heteroatoms. The monoisotopic (exact) mass is 275 g/mol. The van der Waals surface area contributed by atoms with Gasteiger partial charge < -0.3 is 5.41 Å². The molecule has 2 saturated carbocycles. The van der Waals surface area contributed by atoms with Gasteiger partial charge in [-0.3, -0.25) is 0 Å². The number of allylic oxidation sites excluding steroid dienone is 2. The quantitative estimate of drug-likeness (QED) is 0.595. The second-order valence-electron chi connectivity index (χ2n) is 8.15. The second-order valence-corrected chi connectivity index (χ2v) is 8.15. The van der Waals surface area contributed by atoms with Gasteiger partial charge in [0.25, 0.3) is 0 Å². The largest absolute Gasteiger partial charge is 0.308 e. The van der Waals surface area contributed by atoms with Crippen molar-refractivity contribution in [2.75, 3.05) is 0 Å². The van der Waals surface area contributed by atoms with Crippen molar-refractivity contribution in [1.29, 1.82) is 5.41 Å². The van der Waals surface area contributed by atoms with E-state index in [0.717, 1.165) is 11.8 Å². The first kappa shape index (κ1) is 15.8. The van der Waals surface area contributed by atoms with E-state index >= 15 is 0 Å². The van der Waals surface area contributed by atoms with Gasteiger partial charge in [0, 0.05) is 6.21 Å². The molecule has 114 valence electrons. The molecule has 2 aliphatic rings. The summed E-state index contributed by atoms with van der Waals surface area (Å²) in [4.78, 5) is 0. The van der Waals surface area contributed by atoms with Gasteiger partial charge in [0.05, 0.1) is 0 Å². The minimum absolute atomic E-state index is 0.373. The fraction of sp³-hybridized carbons (Fsp3) is 0.842. The molecule has 0 amide bonds. The minimum atomic E-state index is 0.373. The van der Waals surface area contributed by atoms with Crippen molar-refractivity contribution in [3.05, 3.63) is 11.1 Å². The van der Waals surface area contributed by atoms with Crippen LogP contribution < -0.4 is 0 Å². The summed E-state index contributed by atoms with van der Waals surface area (Å²) in [6.07, 6.45) is 10.7. The zero-order valence-electron chi connectivity index (χ0n) is 14.2. The Morgan fingerprint density at radius 2 is 2.00 bits per heavy atom. The summed E-state index contributed by atoms with van der Waals surface area (Å²) in [6, 6.07) is 0. The first-order chi connectivity index (χ1) is 9.38. The van der Waals surface area contributed by atoms with Crippen LogP contribution in [0.15, 0.2) is 11.1 Å². The first-order valence-corrected chi connectivity index (χ1v) is 8.61. The van der Waals surface area contributed by atoms with Gasteiger partial charge in [-0.15, -0.1) is 0 Å². The summed E-state index contributed by atoms with van der Waals surface area (Å²) < 4.78 is 0. The first-order valence-electron chi connectivity index (χ1n) is 8.61. The van der Waals surface area contributed by atoms with Gasteiger partial charge in [-0.2, -0.15) is 0 Å². The summed E-state index contributed by atoms with van der Waals surface area (Å²) in [7, 11) is 0. The lowest BCUT2D eigenvalue weighted by molar-refractivity contribution is 0.215. The lowest BCUT2D eigenvalue weighted by Crippen LogP contribution is -2.27. The molecule has 0 saturated heterocycles. The summed E-state index contributed by atoms with van der Waals surface area (Å²) in [5, 5.41) is 8.03. The third-order valence-corrected chi connectivity index (χ3v) is 6.05. The molecule has 0 aromatic carbocycles. The van der Waals surface area contributed by atoms with Gasteiger partial charge in [-0.05, 0) is 60.3 Å². The van der Waals surface area contributed by atoms with Crippen molar-refractivity contribution < 1.29 is 0 Å². The maximum atomic E-state index is 8.03. The van der Waals surface area contributed by atoms with Gasteiger partial charge in [0.15, 0.2) is 0 Å². The molecule has 1 N–H and O–H groups in total. The van der Waals surface area contributed by atoms with Gasteiger partial charge in [-0.1, -0.05) is 53.0 Å². The smallest absolute Gasteiger partial charge is 0.0215 e. The van der Waals surface area contributed by atoms with Gasteiger partial charge in [0.1, 0.15) is 0 Å². The molecule has 2 rings (SSSR count). The third-order valence-electron chi connectivity index (χ3n) is 6.05. The molecule has 0 radical (unpaired) electrons. The average molecular weight is 275 g/mol. The van der Waals surface area contributed by atoms with Crippen LogP contribution in [0.5, 0.6) is 0 Å². The molecule has 2 aliphatic carbocycles. The Morgan fingerprint density at radius 1 is 1.35 bits per heavy atom. The maximum absolute atomic E-state index is 8.03.